The Morgan fingerprint density at radius 3 is 2.75 bits per heavy atom. The van der Waals surface area contributed by atoms with Gasteiger partial charge in [0.25, 0.3) is 5.56 Å². The van der Waals surface area contributed by atoms with Crippen LogP contribution in [0.5, 0.6) is 5.75 Å². The van der Waals surface area contributed by atoms with Crippen LogP contribution in [0.25, 0.3) is 21.9 Å². The van der Waals surface area contributed by atoms with Crippen LogP contribution in [0.3, 0.4) is 0 Å². The Bertz CT molecular complexity index is 1690. The zero-order chi connectivity index (χ0) is 24.8. The number of carbonyl (C=O) groups is 1. The van der Waals surface area contributed by atoms with Gasteiger partial charge in [-0.15, -0.1) is 0 Å². The predicted molar refractivity (Wildman–Crippen MR) is 136 cm³/mol. The Hall–Kier alpha value is -4.46. The highest BCUT2D eigenvalue weighted by molar-refractivity contribution is 6.07. The van der Waals surface area contributed by atoms with E-state index in [1.54, 1.807) is 15.5 Å². The van der Waals surface area contributed by atoms with E-state index >= 15 is 0 Å². The number of nitrogens with zero attached hydrogens (tertiary/aromatic N) is 4. The van der Waals surface area contributed by atoms with Crippen LogP contribution in [0.15, 0.2) is 77.9 Å². The number of rotatable bonds is 4. The molecule has 0 aliphatic carbocycles. The van der Waals surface area contributed by atoms with Crippen molar-refractivity contribution in [2.75, 3.05) is 18.1 Å². The van der Waals surface area contributed by atoms with E-state index in [-0.39, 0.29) is 23.5 Å². The second-order valence-electron chi connectivity index (χ2n) is 8.97. The largest absolute Gasteiger partial charge is 0.490 e. The van der Waals surface area contributed by atoms with Gasteiger partial charge < -0.3 is 14.2 Å². The Morgan fingerprint density at radius 2 is 1.92 bits per heavy atom. The lowest BCUT2D eigenvalue weighted by Gasteiger charge is -2.30. The first kappa shape index (κ1) is 22.0. The fourth-order valence-corrected chi connectivity index (χ4v) is 4.84. The van der Waals surface area contributed by atoms with Gasteiger partial charge in [0, 0.05) is 5.39 Å². The number of aromatic nitrogens is 3. The lowest BCUT2D eigenvalue weighted by atomic mass is 10.1. The van der Waals surface area contributed by atoms with Gasteiger partial charge in [-0.1, -0.05) is 36.4 Å². The van der Waals surface area contributed by atoms with Crippen LogP contribution in [-0.4, -0.2) is 33.2 Å². The molecule has 0 bridgehead atoms. The van der Waals surface area contributed by atoms with Crippen molar-refractivity contribution in [2.45, 2.75) is 20.0 Å². The molecule has 3 heterocycles. The summed E-state index contributed by atoms with van der Waals surface area (Å²) in [5.41, 5.74) is 3.62. The Labute approximate surface area is 206 Å². The molecule has 0 saturated carbocycles. The van der Waals surface area contributed by atoms with Crippen molar-refractivity contribution in [2.24, 2.45) is 0 Å². The molecule has 5 aromatic rings. The van der Waals surface area contributed by atoms with Crippen LogP contribution in [0.2, 0.25) is 0 Å². The van der Waals surface area contributed by atoms with Crippen molar-refractivity contribution in [1.29, 1.82) is 0 Å². The molecule has 1 aliphatic heterocycles. The third-order valence-electron chi connectivity index (χ3n) is 6.56. The summed E-state index contributed by atoms with van der Waals surface area (Å²) in [7, 11) is 0. The molecule has 180 valence electrons. The van der Waals surface area contributed by atoms with Crippen LogP contribution in [0.1, 0.15) is 11.1 Å². The van der Waals surface area contributed by atoms with Gasteiger partial charge in [-0.2, -0.15) is 0 Å². The minimum Gasteiger partial charge on any atom is -0.490 e. The molecule has 0 fully saturated rings. The fraction of sp³-hybridized carbons (Fsp3) is 0.179. The highest BCUT2D eigenvalue weighted by Crippen LogP contribution is 2.33. The van der Waals surface area contributed by atoms with Crippen molar-refractivity contribution in [3.63, 3.8) is 0 Å². The van der Waals surface area contributed by atoms with Gasteiger partial charge in [0.2, 0.25) is 5.91 Å². The number of fused-ring (bicyclic) bond motifs is 4. The molecular formula is C28H23FN4O3. The van der Waals surface area contributed by atoms with E-state index in [0.29, 0.717) is 47.6 Å². The maximum Gasteiger partial charge on any atom is 0.278 e. The van der Waals surface area contributed by atoms with Crippen LogP contribution in [0.4, 0.5) is 10.1 Å². The minimum absolute atomic E-state index is 0.0920. The number of hydrogen-bond donors (Lipinski definition) is 0. The molecule has 1 aliphatic rings. The number of amides is 1. The van der Waals surface area contributed by atoms with E-state index in [2.05, 4.69) is 4.98 Å². The average molecular weight is 483 g/mol. The summed E-state index contributed by atoms with van der Waals surface area (Å²) in [6.07, 6.45) is 1.48. The highest BCUT2D eigenvalue weighted by Gasteiger charge is 2.26. The second kappa shape index (κ2) is 8.64. The third kappa shape index (κ3) is 3.71. The molecule has 0 N–H and O–H groups in total. The molecule has 0 spiro atoms. The lowest BCUT2D eigenvalue weighted by Crippen LogP contribution is -2.40. The van der Waals surface area contributed by atoms with Gasteiger partial charge in [0.15, 0.2) is 0 Å². The molecule has 0 atom stereocenters. The van der Waals surface area contributed by atoms with E-state index < -0.39 is 5.82 Å². The maximum absolute atomic E-state index is 14.2. The molecule has 0 saturated heterocycles. The summed E-state index contributed by atoms with van der Waals surface area (Å²) in [4.78, 5) is 33.5. The van der Waals surface area contributed by atoms with Crippen LogP contribution >= 0.6 is 0 Å². The lowest BCUT2D eigenvalue weighted by molar-refractivity contribution is -0.119. The van der Waals surface area contributed by atoms with Gasteiger partial charge in [0.05, 0.1) is 30.6 Å². The van der Waals surface area contributed by atoms with E-state index in [0.717, 1.165) is 11.1 Å². The van der Waals surface area contributed by atoms with Crippen molar-refractivity contribution < 1.29 is 13.9 Å². The van der Waals surface area contributed by atoms with Gasteiger partial charge in [-0.05, 0) is 48.4 Å². The van der Waals surface area contributed by atoms with Crippen LogP contribution in [0, 0.1) is 12.7 Å². The van der Waals surface area contributed by atoms with Crippen molar-refractivity contribution in [1.82, 2.24) is 14.1 Å². The summed E-state index contributed by atoms with van der Waals surface area (Å²) in [6, 6.07) is 19.6. The molecule has 6 rings (SSSR count). The first-order valence-electron chi connectivity index (χ1n) is 11.7. The second-order valence-corrected chi connectivity index (χ2v) is 8.97. The summed E-state index contributed by atoms with van der Waals surface area (Å²) >= 11 is 0. The van der Waals surface area contributed by atoms with E-state index in [1.807, 2.05) is 55.5 Å². The number of ether oxygens (including phenoxy) is 1. The number of carbonyl (C=O) groups excluding carboxylic acids is 1. The number of anilines is 1. The fourth-order valence-electron chi connectivity index (χ4n) is 4.84. The molecule has 1 amide bonds. The third-order valence-corrected chi connectivity index (χ3v) is 6.56. The molecule has 0 radical (unpaired) electrons. The predicted octanol–water partition coefficient (Wildman–Crippen LogP) is 4.27. The number of hydrogen-bond acceptors (Lipinski definition) is 4. The van der Waals surface area contributed by atoms with Gasteiger partial charge >= 0.3 is 0 Å². The van der Waals surface area contributed by atoms with Gasteiger partial charge in [-0.3, -0.25) is 14.2 Å². The van der Waals surface area contributed by atoms with E-state index in [4.69, 9.17) is 4.74 Å². The Balaban J connectivity index is 1.48. The quantitative estimate of drug-likeness (QED) is 0.384. The summed E-state index contributed by atoms with van der Waals surface area (Å²) < 4.78 is 23.1. The maximum atomic E-state index is 14.2. The monoisotopic (exact) mass is 482 g/mol. The zero-order valence-corrected chi connectivity index (χ0v) is 19.6. The summed E-state index contributed by atoms with van der Waals surface area (Å²) in [6.45, 7) is 2.98. The average Bonchev–Trinajstić information content (AvgIpc) is 3.19. The van der Waals surface area contributed by atoms with E-state index in [9.17, 15) is 14.0 Å². The molecule has 2 aromatic heterocycles. The van der Waals surface area contributed by atoms with Crippen LogP contribution in [-0.2, 0) is 17.9 Å². The van der Waals surface area contributed by atoms with Crippen LogP contribution < -0.4 is 15.2 Å². The Kier molecular flexibility index (Phi) is 5.29. The summed E-state index contributed by atoms with van der Waals surface area (Å²) in [5.74, 6) is 0.0308. The molecular weight excluding hydrogens is 459 g/mol. The molecule has 3 aromatic carbocycles. The normalized spacial score (nSPS) is 13.1. The molecule has 8 heteroatoms. The standard InChI is InChI=1S/C28H23FN4O3/c1-18-7-10-24-23(13-18)32(11-12-36-24)25(34)16-33-22-9-8-20(29)14-21(22)26-27(33)28(35)31(17-30-26)15-19-5-3-2-4-6-19/h2-10,13-14,17H,11-12,15-16H2,1H3. The molecule has 36 heavy (non-hydrogen) atoms. The number of benzene rings is 3. The number of halogens is 1. The Morgan fingerprint density at radius 1 is 1.08 bits per heavy atom. The van der Waals surface area contributed by atoms with Gasteiger partial charge in [-0.25, -0.2) is 9.37 Å². The molecule has 7 nitrogen and oxygen atoms in total. The van der Waals surface area contributed by atoms with Crippen molar-refractivity contribution in [3.8, 4) is 5.75 Å². The van der Waals surface area contributed by atoms with Crippen molar-refractivity contribution >= 4 is 33.5 Å². The topological polar surface area (TPSA) is 69.4 Å². The van der Waals surface area contributed by atoms with Crippen molar-refractivity contribution in [3.05, 3.63) is 100 Å². The molecule has 0 unspecified atom stereocenters. The number of aryl methyl sites for hydroxylation is 1. The smallest absolute Gasteiger partial charge is 0.278 e. The minimum atomic E-state index is -0.430. The first-order chi connectivity index (χ1) is 17.5. The zero-order valence-electron chi connectivity index (χ0n) is 19.6. The summed E-state index contributed by atoms with van der Waals surface area (Å²) in [5, 5.41) is 0.500. The van der Waals surface area contributed by atoms with Gasteiger partial charge in [0.1, 0.15) is 35.8 Å². The van der Waals surface area contributed by atoms with E-state index in [1.165, 1.54) is 23.0 Å². The highest BCUT2D eigenvalue weighted by atomic mass is 19.1. The first-order valence-corrected chi connectivity index (χ1v) is 11.7. The SMILES string of the molecule is Cc1ccc2c(c1)N(C(=O)Cn1c3ccc(F)cc3c3ncn(Cc4ccccc4)c(=O)c31)CCO2.